The lowest BCUT2D eigenvalue weighted by Gasteiger charge is -2.14. The van der Waals surface area contributed by atoms with Gasteiger partial charge in [0.25, 0.3) is 5.91 Å². The Kier molecular flexibility index (Phi) is 2.94. The Labute approximate surface area is 91.7 Å². The summed E-state index contributed by atoms with van der Waals surface area (Å²) in [5.41, 5.74) is 2.95. The minimum absolute atomic E-state index is 0.00726. The number of phenols is 1. The fourth-order valence-corrected chi connectivity index (χ4v) is 1.84. The van der Waals surface area contributed by atoms with E-state index in [9.17, 15) is 9.90 Å². The monoisotopic (exact) mass is 222 g/mol. The number of carbonyl (C=O) groups is 1. The van der Waals surface area contributed by atoms with Crippen LogP contribution in [0.25, 0.3) is 0 Å². The van der Waals surface area contributed by atoms with Crippen LogP contribution < -0.4 is 5.43 Å². The molecule has 2 N–H and O–H groups in total. The highest BCUT2D eigenvalue weighted by molar-refractivity contribution is 8.00. The van der Waals surface area contributed by atoms with Crippen LogP contribution >= 0.6 is 11.9 Å². The van der Waals surface area contributed by atoms with Gasteiger partial charge in [0.2, 0.25) is 0 Å². The second-order valence-corrected chi connectivity index (χ2v) is 3.92. The van der Waals surface area contributed by atoms with Crippen molar-refractivity contribution in [3.05, 3.63) is 41.3 Å². The van der Waals surface area contributed by atoms with Crippen molar-refractivity contribution in [1.29, 1.82) is 0 Å². The Morgan fingerprint density at radius 1 is 1.47 bits per heavy atom. The zero-order valence-electron chi connectivity index (χ0n) is 7.88. The molecule has 0 aliphatic carbocycles. The number of hydrogen-bond donors (Lipinski definition) is 2. The molecule has 1 aliphatic heterocycles. The average molecular weight is 222 g/mol. The van der Waals surface area contributed by atoms with E-state index < -0.39 is 0 Å². The predicted molar refractivity (Wildman–Crippen MR) is 59.0 cm³/mol. The Bertz CT molecular complexity index is 398. The third-order valence-corrected chi connectivity index (χ3v) is 2.74. The molecule has 4 nitrogen and oxygen atoms in total. The normalized spacial score (nSPS) is 15.5. The number of benzene rings is 1. The summed E-state index contributed by atoms with van der Waals surface area (Å²) < 4.78 is 1.69. The van der Waals surface area contributed by atoms with Crippen molar-refractivity contribution in [3.8, 4) is 5.75 Å². The molecule has 2 rings (SSSR count). The maximum atomic E-state index is 11.7. The molecule has 0 saturated heterocycles. The Morgan fingerprint density at radius 3 is 2.93 bits per heavy atom. The first-order chi connectivity index (χ1) is 7.27. The predicted octanol–water partition coefficient (Wildman–Crippen LogP) is 1.51. The van der Waals surface area contributed by atoms with Crippen LogP contribution in [0.5, 0.6) is 5.75 Å². The molecule has 1 heterocycles. The lowest BCUT2D eigenvalue weighted by Crippen LogP contribution is -2.35. The van der Waals surface area contributed by atoms with E-state index in [4.69, 9.17) is 0 Å². The second-order valence-electron chi connectivity index (χ2n) is 3.00. The first-order valence-electron chi connectivity index (χ1n) is 4.45. The number of hydrazine groups is 1. The van der Waals surface area contributed by atoms with E-state index in [1.165, 1.54) is 18.0 Å². The standard InChI is InChI=1S/C10H10N2O2S/c13-9-5-2-1-4-8(9)10(14)11-12-6-3-7-15-12/h1-5,7,13H,6H2,(H,11,14). The first-order valence-corrected chi connectivity index (χ1v) is 5.29. The summed E-state index contributed by atoms with van der Waals surface area (Å²) in [4.78, 5) is 11.7. The summed E-state index contributed by atoms with van der Waals surface area (Å²) in [5.74, 6) is -0.309. The molecule has 0 atom stereocenters. The molecule has 0 saturated carbocycles. The SMILES string of the molecule is O=C(NN1CC=CS1)c1ccccc1O. The molecule has 0 bridgehead atoms. The van der Waals surface area contributed by atoms with Crippen molar-refractivity contribution < 1.29 is 9.90 Å². The van der Waals surface area contributed by atoms with Gasteiger partial charge in [0.05, 0.1) is 5.56 Å². The van der Waals surface area contributed by atoms with Crippen molar-refractivity contribution in [2.24, 2.45) is 0 Å². The van der Waals surface area contributed by atoms with Gasteiger partial charge in [0.15, 0.2) is 0 Å². The molecule has 1 aliphatic rings. The van der Waals surface area contributed by atoms with E-state index in [2.05, 4.69) is 5.43 Å². The lowest BCUT2D eigenvalue weighted by atomic mass is 10.2. The molecule has 0 unspecified atom stereocenters. The van der Waals surface area contributed by atoms with Gasteiger partial charge in [-0.25, -0.2) is 0 Å². The quantitative estimate of drug-likeness (QED) is 0.745. The number of nitrogens with one attached hydrogen (secondary N) is 1. The molecule has 15 heavy (non-hydrogen) atoms. The fraction of sp³-hybridized carbons (Fsp3) is 0.100. The van der Waals surface area contributed by atoms with Crippen LogP contribution in [0, 0.1) is 0 Å². The summed E-state index contributed by atoms with van der Waals surface area (Å²) in [5, 5.41) is 11.3. The zero-order valence-corrected chi connectivity index (χ0v) is 8.70. The summed E-state index contributed by atoms with van der Waals surface area (Å²) in [6, 6.07) is 6.46. The number of amides is 1. The van der Waals surface area contributed by atoms with Gasteiger partial charge in [-0.05, 0) is 29.5 Å². The number of carbonyl (C=O) groups excluding carboxylic acids is 1. The third kappa shape index (κ3) is 2.31. The molecule has 0 fully saturated rings. The van der Waals surface area contributed by atoms with E-state index in [0.717, 1.165) is 0 Å². The summed E-state index contributed by atoms with van der Waals surface area (Å²) in [7, 11) is 0. The minimum atomic E-state index is -0.302. The van der Waals surface area contributed by atoms with Crippen molar-refractivity contribution in [1.82, 2.24) is 9.84 Å². The Balaban J connectivity index is 2.05. The number of phenolic OH excluding ortho intramolecular Hbond substituents is 1. The summed E-state index contributed by atoms with van der Waals surface area (Å²) in [6.45, 7) is 0.671. The van der Waals surface area contributed by atoms with Gasteiger partial charge < -0.3 is 5.11 Å². The van der Waals surface area contributed by atoms with E-state index in [1.807, 2.05) is 11.5 Å². The van der Waals surface area contributed by atoms with Gasteiger partial charge in [-0.2, -0.15) is 4.41 Å². The van der Waals surface area contributed by atoms with Gasteiger partial charge in [-0.1, -0.05) is 18.2 Å². The molecule has 78 valence electrons. The highest BCUT2D eigenvalue weighted by atomic mass is 32.2. The van der Waals surface area contributed by atoms with Gasteiger partial charge in [0, 0.05) is 6.54 Å². The minimum Gasteiger partial charge on any atom is -0.507 e. The molecule has 1 amide bonds. The zero-order chi connectivity index (χ0) is 10.7. The lowest BCUT2D eigenvalue weighted by molar-refractivity contribution is 0.0892. The van der Waals surface area contributed by atoms with Crippen LogP contribution in [-0.2, 0) is 0 Å². The van der Waals surface area contributed by atoms with Crippen LogP contribution in [0.3, 0.4) is 0 Å². The molecular formula is C10H10N2O2S. The number of nitrogens with zero attached hydrogens (tertiary/aromatic N) is 1. The van der Waals surface area contributed by atoms with Crippen molar-refractivity contribution >= 4 is 17.9 Å². The van der Waals surface area contributed by atoms with Gasteiger partial charge in [-0.3, -0.25) is 10.2 Å². The number of rotatable bonds is 2. The van der Waals surface area contributed by atoms with Crippen LogP contribution in [0.2, 0.25) is 0 Å². The van der Waals surface area contributed by atoms with Gasteiger partial charge in [-0.15, -0.1) is 0 Å². The Morgan fingerprint density at radius 2 is 2.27 bits per heavy atom. The Hall–Kier alpha value is -1.46. The van der Waals surface area contributed by atoms with Crippen molar-refractivity contribution in [2.45, 2.75) is 0 Å². The van der Waals surface area contributed by atoms with Crippen LogP contribution in [0.1, 0.15) is 10.4 Å². The highest BCUT2D eigenvalue weighted by Gasteiger charge is 2.14. The van der Waals surface area contributed by atoms with Crippen LogP contribution in [0.4, 0.5) is 0 Å². The van der Waals surface area contributed by atoms with E-state index in [1.54, 1.807) is 22.6 Å². The third-order valence-electron chi connectivity index (χ3n) is 1.93. The van der Waals surface area contributed by atoms with Gasteiger partial charge >= 0.3 is 0 Å². The second kappa shape index (κ2) is 4.37. The van der Waals surface area contributed by atoms with Crippen molar-refractivity contribution in [3.63, 3.8) is 0 Å². The fourth-order valence-electron chi connectivity index (χ4n) is 1.21. The van der Waals surface area contributed by atoms with E-state index >= 15 is 0 Å². The topological polar surface area (TPSA) is 52.6 Å². The maximum absolute atomic E-state index is 11.7. The molecule has 1 aromatic carbocycles. The summed E-state index contributed by atoms with van der Waals surface area (Å²) >= 11 is 1.41. The number of hydrogen-bond acceptors (Lipinski definition) is 4. The van der Waals surface area contributed by atoms with Crippen molar-refractivity contribution in [2.75, 3.05) is 6.54 Å². The molecule has 0 spiro atoms. The molecule has 5 heteroatoms. The largest absolute Gasteiger partial charge is 0.507 e. The van der Waals surface area contributed by atoms with E-state index in [-0.39, 0.29) is 17.2 Å². The number of para-hydroxylation sites is 1. The van der Waals surface area contributed by atoms with Crippen LogP contribution in [-0.4, -0.2) is 22.0 Å². The molecule has 0 aromatic heterocycles. The molecular weight excluding hydrogens is 212 g/mol. The number of aromatic hydroxyl groups is 1. The highest BCUT2D eigenvalue weighted by Crippen LogP contribution is 2.18. The smallest absolute Gasteiger partial charge is 0.270 e. The van der Waals surface area contributed by atoms with Gasteiger partial charge in [0.1, 0.15) is 5.75 Å². The molecule has 1 aromatic rings. The molecule has 0 radical (unpaired) electrons. The average Bonchev–Trinajstić information content (AvgIpc) is 2.71. The summed E-state index contributed by atoms with van der Waals surface area (Å²) in [6.07, 6.45) is 1.94. The van der Waals surface area contributed by atoms with E-state index in [0.29, 0.717) is 6.54 Å². The van der Waals surface area contributed by atoms with Crippen LogP contribution in [0.15, 0.2) is 35.7 Å². The first kappa shape index (κ1) is 10.1. The maximum Gasteiger partial charge on any atom is 0.270 e.